The summed E-state index contributed by atoms with van der Waals surface area (Å²) >= 11 is 0.0287. The molecular formula is C13H13IO3S. The Morgan fingerprint density at radius 3 is 1.39 bits per heavy atom. The molecule has 0 fully saturated rings. The maximum atomic E-state index is 9.08. The van der Waals surface area contributed by atoms with Crippen molar-refractivity contribution in [2.24, 2.45) is 0 Å². The standard InChI is InChI=1S/C12H10I.CH4O3S/c1-3-7-11(8-4-1)13-12-9-5-2-6-10-12;1-5(2,3)4/h1-10H;1H3,(H,2,3,4)/q+1;/p-1. The summed E-state index contributed by atoms with van der Waals surface area (Å²) < 4.78 is 30.2. The van der Waals surface area contributed by atoms with E-state index < -0.39 is 10.1 Å². The van der Waals surface area contributed by atoms with Crippen LogP contribution < -0.4 is 21.2 Å². The molecule has 0 bridgehead atoms. The van der Waals surface area contributed by atoms with E-state index in [1.165, 1.54) is 7.14 Å². The van der Waals surface area contributed by atoms with Gasteiger partial charge in [0.25, 0.3) is 0 Å². The van der Waals surface area contributed by atoms with Crippen LogP contribution in [0.4, 0.5) is 0 Å². The highest BCUT2D eigenvalue weighted by atomic mass is 127. The highest BCUT2D eigenvalue weighted by molar-refractivity contribution is 7.84. The van der Waals surface area contributed by atoms with Crippen LogP contribution in [0.3, 0.4) is 0 Å². The highest BCUT2D eigenvalue weighted by Crippen LogP contribution is 1.85. The molecule has 0 amide bonds. The Labute approximate surface area is 118 Å². The number of hydrogen-bond donors (Lipinski definition) is 0. The molecular weight excluding hydrogens is 363 g/mol. The summed E-state index contributed by atoms with van der Waals surface area (Å²) in [5.74, 6) is 0. The first-order valence-corrected chi connectivity index (χ1v) is 9.08. The number of halogens is 1. The molecule has 2 rings (SSSR count). The Morgan fingerprint density at radius 1 is 0.833 bits per heavy atom. The Bertz CT molecular complexity index is 508. The van der Waals surface area contributed by atoms with Gasteiger partial charge in [0, 0.05) is 6.26 Å². The molecule has 0 N–H and O–H groups in total. The second-order valence-corrected chi connectivity index (χ2v) is 7.83. The fraction of sp³-hybridized carbons (Fsp3) is 0.0769. The van der Waals surface area contributed by atoms with Gasteiger partial charge in [0.1, 0.15) is 0 Å². The van der Waals surface area contributed by atoms with Crippen molar-refractivity contribution in [3.63, 3.8) is 0 Å². The molecule has 0 spiro atoms. The average Bonchev–Trinajstić information content (AvgIpc) is 2.29. The van der Waals surface area contributed by atoms with Gasteiger partial charge in [-0.25, -0.2) is 8.42 Å². The molecule has 0 radical (unpaired) electrons. The van der Waals surface area contributed by atoms with Crippen LogP contribution in [-0.4, -0.2) is 19.2 Å². The Hall–Kier alpha value is -0.920. The van der Waals surface area contributed by atoms with Crippen LogP contribution in [-0.2, 0) is 10.1 Å². The number of rotatable bonds is 2. The number of hydrogen-bond acceptors (Lipinski definition) is 3. The first kappa shape index (κ1) is 15.1. The van der Waals surface area contributed by atoms with Crippen LogP contribution in [0.25, 0.3) is 0 Å². The Balaban J connectivity index is 0.000000280. The van der Waals surface area contributed by atoms with E-state index in [0.29, 0.717) is 6.26 Å². The molecule has 0 aliphatic heterocycles. The zero-order chi connectivity index (χ0) is 13.4. The van der Waals surface area contributed by atoms with Crippen molar-refractivity contribution in [3.05, 3.63) is 67.8 Å². The topological polar surface area (TPSA) is 57.2 Å². The summed E-state index contributed by atoms with van der Waals surface area (Å²) in [6, 6.07) is 21.4. The third-order valence-electron chi connectivity index (χ3n) is 1.68. The number of benzene rings is 2. The van der Waals surface area contributed by atoms with Crippen molar-refractivity contribution in [3.8, 4) is 0 Å². The van der Waals surface area contributed by atoms with Crippen LogP contribution in [0.5, 0.6) is 0 Å². The van der Waals surface area contributed by atoms with E-state index in [2.05, 4.69) is 60.7 Å². The van der Waals surface area contributed by atoms with Crippen LogP contribution in [0, 0.1) is 7.14 Å². The van der Waals surface area contributed by atoms with Gasteiger partial charge in [0.2, 0.25) is 0 Å². The van der Waals surface area contributed by atoms with Gasteiger partial charge in [0.15, 0.2) is 7.14 Å². The summed E-state index contributed by atoms with van der Waals surface area (Å²) in [6.07, 6.45) is 0.604. The molecule has 0 aliphatic rings. The molecule has 2 aromatic rings. The average molecular weight is 376 g/mol. The predicted octanol–water partition coefficient (Wildman–Crippen LogP) is -1.02. The molecule has 2 aromatic carbocycles. The monoisotopic (exact) mass is 376 g/mol. The Kier molecular flexibility index (Phi) is 6.31. The summed E-state index contributed by atoms with van der Waals surface area (Å²) in [5, 5.41) is 0. The summed E-state index contributed by atoms with van der Waals surface area (Å²) in [7, 11) is -3.92. The molecule has 96 valence electrons. The molecule has 0 heterocycles. The molecule has 0 saturated carbocycles. The molecule has 0 aliphatic carbocycles. The second-order valence-electron chi connectivity index (χ2n) is 3.39. The smallest absolute Gasteiger partial charge is 0.357 e. The largest absolute Gasteiger partial charge is 0.748 e. The van der Waals surface area contributed by atoms with Gasteiger partial charge in [0.05, 0.1) is 10.1 Å². The SMILES string of the molecule is CS(=O)(=O)[O-].c1ccc([I+]c2ccccc2)cc1. The van der Waals surface area contributed by atoms with Crippen molar-refractivity contribution < 1.29 is 34.2 Å². The molecule has 18 heavy (non-hydrogen) atoms. The molecule has 3 nitrogen and oxygen atoms in total. The highest BCUT2D eigenvalue weighted by Gasteiger charge is 2.12. The predicted molar refractivity (Wildman–Crippen MR) is 65.9 cm³/mol. The molecule has 0 atom stereocenters. The lowest BCUT2D eigenvalue weighted by Crippen LogP contribution is -3.61. The van der Waals surface area contributed by atoms with Crippen LogP contribution in [0.15, 0.2) is 60.7 Å². The zero-order valence-corrected chi connectivity index (χ0v) is 12.8. The van der Waals surface area contributed by atoms with Gasteiger partial charge in [-0.15, -0.1) is 0 Å². The van der Waals surface area contributed by atoms with E-state index in [4.69, 9.17) is 13.0 Å². The van der Waals surface area contributed by atoms with E-state index in [0.717, 1.165) is 0 Å². The minimum absolute atomic E-state index is 0.0287. The lowest BCUT2D eigenvalue weighted by Gasteiger charge is -1.90. The van der Waals surface area contributed by atoms with Gasteiger partial charge in [-0.3, -0.25) is 0 Å². The van der Waals surface area contributed by atoms with Gasteiger partial charge in [-0.1, -0.05) is 36.4 Å². The zero-order valence-electron chi connectivity index (χ0n) is 9.78. The lowest BCUT2D eigenvalue weighted by atomic mass is 10.4. The van der Waals surface area contributed by atoms with E-state index in [-0.39, 0.29) is 21.2 Å². The van der Waals surface area contributed by atoms with Gasteiger partial charge in [-0.05, 0) is 24.3 Å². The van der Waals surface area contributed by atoms with E-state index in [1.54, 1.807) is 0 Å². The normalized spacial score (nSPS) is 10.3. The van der Waals surface area contributed by atoms with Crippen LogP contribution >= 0.6 is 0 Å². The first-order chi connectivity index (χ1) is 8.45. The van der Waals surface area contributed by atoms with Crippen molar-refractivity contribution in [1.82, 2.24) is 0 Å². The minimum atomic E-state index is -3.92. The van der Waals surface area contributed by atoms with E-state index in [9.17, 15) is 0 Å². The quantitative estimate of drug-likeness (QED) is 0.498. The maximum absolute atomic E-state index is 9.08. The lowest BCUT2D eigenvalue weighted by molar-refractivity contribution is -0.597. The first-order valence-electron chi connectivity index (χ1n) is 5.11. The van der Waals surface area contributed by atoms with Crippen molar-refractivity contribution in [2.45, 2.75) is 0 Å². The molecule has 5 heteroatoms. The summed E-state index contributed by atoms with van der Waals surface area (Å²) in [6.45, 7) is 0. The molecule has 0 unspecified atom stereocenters. The van der Waals surface area contributed by atoms with Gasteiger partial charge >= 0.3 is 21.2 Å². The third-order valence-corrected chi connectivity index (χ3v) is 4.37. The van der Waals surface area contributed by atoms with Gasteiger partial charge in [-0.2, -0.15) is 0 Å². The van der Waals surface area contributed by atoms with E-state index in [1.807, 2.05) is 0 Å². The minimum Gasteiger partial charge on any atom is -0.748 e. The fourth-order valence-electron chi connectivity index (χ4n) is 1.08. The van der Waals surface area contributed by atoms with Crippen molar-refractivity contribution in [1.29, 1.82) is 0 Å². The molecule has 0 aromatic heterocycles. The van der Waals surface area contributed by atoms with E-state index >= 15 is 0 Å². The third kappa shape index (κ3) is 8.21. The van der Waals surface area contributed by atoms with Crippen LogP contribution in [0.1, 0.15) is 0 Å². The van der Waals surface area contributed by atoms with Crippen molar-refractivity contribution >= 4 is 10.1 Å². The van der Waals surface area contributed by atoms with Crippen molar-refractivity contribution in [2.75, 3.05) is 6.26 Å². The van der Waals surface area contributed by atoms with Gasteiger partial charge < -0.3 is 4.55 Å². The second kappa shape index (κ2) is 7.50. The molecule has 0 saturated heterocycles. The summed E-state index contributed by atoms with van der Waals surface area (Å²) in [4.78, 5) is 0. The fourth-order valence-corrected chi connectivity index (χ4v) is 3.35. The summed E-state index contributed by atoms with van der Waals surface area (Å²) in [5.41, 5.74) is 0. The maximum Gasteiger partial charge on any atom is 0.357 e. The van der Waals surface area contributed by atoms with Crippen LogP contribution in [0.2, 0.25) is 0 Å². The Morgan fingerprint density at radius 2 is 1.11 bits per heavy atom.